The van der Waals surface area contributed by atoms with Gasteiger partial charge in [-0.15, -0.1) is 0 Å². The molecule has 17 heavy (non-hydrogen) atoms. The first-order valence-electron chi connectivity index (χ1n) is 4.93. The smallest absolute Gasteiger partial charge is 0.254 e. The normalized spacial score (nSPS) is 14.2. The molecule has 1 aromatic rings. The van der Waals surface area contributed by atoms with Gasteiger partial charge in [-0.2, -0.15) is 0 Å². The van der Waals surface area contributed by atoms with Crippen LogP contribution in [0.15, 0.2) is 18.2 Å². The predicted octanol–water partition coefficient (Wildman–Crippen LogP) is 0.952. The van der Waals surface area contributed by atoms with E-state index in [4.69, 9.17) is 16.7 Å². The minimum atomic E-state index is -1.44. The maximum absolute atomic E-state index is 13.4. The fourth-order valence-corrected chi connectivity index (χ4v) is 1.28. The van der Waals surface area contributed by atoms with Gasteiger partial charge in [0.25, 0.3) is 5.91 Å². The van der Waals surface area contributed by atoms with Gasteiger partial charge in [0.1, 0.15) is 5.60 Å². The molecule has 0 bridgehead atoms. The van der Waals surface area contributed by atoms with Crippen LogP contribution in [0.3, 0.4) is 0 Å². The highest BCUT2D eigenvalue weighted by Crippen LogP contribution is 2.17. The van der Waals surface area contributed by atoms with Gasteiger partial charge in [-0.3, -0.25) is 4.79 Å². The molecular weight excluding hydrogens is 249 g/mol. The van der Waals surface area contributed by atoms with Crippen LogP contribution in [0.1, 0.15) is 17.3 Å². The van der Waals surface area contributed by atoms with Crippen molar-refractivity contribution < 1.29 is 19.4 Å². The van der Waals surface area contributed by atoms with Crippen LogP contribution in [-0.2, 0) is 0 Å². The lowest BCUT2D eigenvalue weighted by Gasteiger charge is -2.20. The van der Waals surface area contributed by atoms with Crippen molar-refractivity contribution in [1.29, 1.82) is 0 Å². The lowest BCUT2D eigenvalue weighted by Crippen LogP contribution is -2.43. The third kappa shape index (κ3) is 3.66. The summed E-state index contributed by atoms with van der Waals surface area (Å²) in [5.41, 5.74) is -1.64. The minimum absolute atomic E-state index is 0.147. The molecule has 0 aliphatic rings. The highest BCUT2D eigenvalue weighted by atomic mass is 35.5. The summed E-state index contributed by atoms with van der Waals surface area (Å²) < 4.78 is 13.4. The second-order valence-corrected chi connectivity index (χ2v) is 4.35. The van der Waals surface area contributed by atoms with Crippen LogP contribution in [0, 0.1) is 5.82 Å². The number of carbonyl (C=O) groups is 1. The Morgan fingerprint density at radius 3 is 2.82 bits per heavy atom. The number of rotatable bonds is 4. The van der Waals surface area contributed by atoms with Crippen molar-refractivity contribution in [3.8, 4) is 0 Å². The fraction of sp³-hybridized carbons (Fsp3) is 0.364. The van der Waals surface area contributed by atoms with Crippen LogP contribution in [0.2, 0.25) is 5.02 Å². The Balaban J connectivity index is 2.74. The van der Waals surface area contributed by atoms with E-state index in [0.717, 1.165) is 0 Å². The van der Waals surface area contributed by atoms with E-state index in [2.05, 4.69) is 5.32 Å². The van der Waals surface area contributed by atoms with E-state index in [1.54, 1.807) is 0 Å². The van der Waals surface area contributed by atoms with Gasteiger partial charge in [-0.1, -0.05) is 17.7 Å². The first-order chi connectivity index (χ1) is 7.87. The van der Waals surface area contributed by atoms with Gasteiger partial charge in [-0.25, -0.2) is 4.39 Å². The van der Waals surface area contributed by atoms with E-state index in [-0.39, 0.29) is 17.1 Å². The summed E-state index contributed by atoms with van der Waals surface area (Å²) in [6, 6.07) is 4.06. The van der Waals surface area contributed by atoms with E-state index < -0.39 is 23.9 Å². The van der Waals surface area contributed by atoms with Crippen molar-refractivity contribution in [2.24, 2.45) is 0 Å². The van der Waals surface area contributed by atoms with E-state index in [1.807, 2.05) is 0 Å². The molecule has 0 aliphatic carbocycles. The minimum Gasteiger partial charge on any atom is -0.393 e. The number of nitrogens with one attached hydrogen (secondary N) is 1. The zero-order valence-corrected chi connectivity index (χ0v) is 9.96. The SMILES string of the molecule is CC(O)(CO)CNC(=O)c1cccc(Cl)c1F. The van der Waals surface area contributed by atoms with E-state index >= 15 is 0 Å². The Hall–Kier alpha value is -1.17. The maximum atomic E-state index is 13.4. The molecule has 0 aliphatic heterocycles. The second kappa shape index (κ2) is 5.44. The Bertz CT molecular complexity index is 423. The standard InChI is InChI=1S/C11H13ClFNO3/c1-11(17,6-15)5-14-10(16)7-3-2-4-8(12)9(7)13/h2-4,15,17H,5-6H2,1H3,(H,14,16). The van der Waals surface area contributed by atoms with Crippen molar-refractivity contribution in [3.05, 3.63) is 34.6 Å². The maximum Gasteiger partial charge on any atom is 0.254 e. The van der Waals surface area contributed by atoms with Crippen LogP contribution < -0.4 is 5.32 Å². The number of aliphatic hydroxyl groups excluding tert-OH is 1. The third-order valence-electron chi connectivity index (χ3n) is 2.17. The largest absolute Gasteiger partial charge is 0.393 e. The zero-order chi connectivity index (χ0) is 13.1. The molecule has 1 amide bonds. The summed E-state index contributed by atoms with van der Waals surface area (Å²) in [6.07, 6.45) is 0. The van der Waals surface area contributed by atoms with E-state index in [0.29, 0.717) is 0 Å². The molecule has 3 N–H and O–H groups in total. The van der Waals surface area contributed by atoms with Crippen LogP contribution in [0.4, 0.5) is 4.39 Å². The van der Waals surface area contributed by atoms with Gasteiger partial charge < -0.3 is 15.5 Å². The third-order valence-corrected chi connectivity index (χ3v) is 2.46. The van der Waals surface area contributed by atoms with Gasteiger partial charge in [0.2, 0.25) is 0 Å². The average molecular weight is 262 g/mol. The first-order valence-corrected chi connectivity index (χ1v) is 5.30. The fourth-order valence-electron chi connectivity index (χ4n) is 1.10. The van der Waals surface area contributed by atoms with Crippen LogP contribution in [-0.4, -0.2) is 34.9 Å². The highest BCUT2D eigenvalue weighted by Gasteiger charge is 2.21. The molecule has 1 rings (SSSR count). The summed E-state index contributed by atoms with van der Waals surface area (Å²) in [7, 11) is 0. The molecule has 94 valence electrons. The topological polar surface area (TPSA) is 69.6 Å². The van der Waals surface area contributed by atoms with Crippen LogP contribution >= 0.6 is 11.6 Å². The summed E-state index contributed by atoms with van der Waals surface area (Å²) in [4.78, 5) is 11.6. The summed E-state index contributed by atoms with van der Waals surface area (Å²) in [5, 5.41) is 20.4. The van der Waals surface area contributed by atoms with Gasteiger partial charge in [-0.05, 0) is 19.1 Å². The molecule has 0 radical (unpaired) electrons. The molecule has 1 aromatic carbocycles. The Morgan fingerprint density at radius 1 is 1.59 bits per heavy atom. The zero-order valence-electron chi connectivity index (χ0n) is 9.20. The van der Waals surface area contributed by atoms with E-state index in [1.165, 1.54) is 25.1 Å². The van der Waals surface area contributed by atoms with Crippen LogP contribution in [0.5, 0.6) is 0 Å². The number of amides is 1. The molecule has 0 spiro atoms. The predicted molar refractivity (Wildman–Crippen MR) is 61.5 cm³/mol. The molecule has 6 heteroatoms. The number of benzene rings is 1. The monoisotopic (exact) mass is 261 g/mol. The molecule has 1 atom stereocenters. The van der Waals surface area contributed by atoms with Crippen molar-refractivity contribution >= 4 is 17.5 Å². The first kappa shape index (κ1) is 13.9. The molecule has 0 aromatic heterocycles. The average Bonchev–Trinajstić information content (AvgIpc) is 2.30. The second-order valence-electron chi connectivity index (χ2n) is 3.94. The Kier molecular flexibility index (Phi) is 4.45. The van der Waals surface area contributed by atoms with Crippen LogP contribution in [0.25, 0.3) is 0 Å². The molecule has 0 fully saturated rings. The molecule has 1 unspecified atom stereocenters. The highest BCUT2D eigenvalue weighted by molar-refractivity contribution is 6.31. The summed E-state index contributed by atoms with van der Waals surface area (Å²) in [6.45, 7) is 0.654. The number of aliphatic hydroxyl groups is 2. The number of halogens is 2. The quantitative estimate of drug-likeness (QED) is 0.756. The summed E-state index contributed by atoms with van der Waals surface area (Å²) >= 11 is 5.53. The molecule has 4 nitrogen and oxygen atoms in total. The van der Waals surface area contributed by atoms with Crippen molar-refractivity contribution in [2.75, 3.05) is 13.2 Å². The lowest BCUT2D eigenvalue weighted by atomic mass is 10.1. The number of hydrogen-bond acceptors (Lipinski definition) is 3. The number of carbonyl (C=O) groups excluding carboxylic acids is 1. The van der Waals surface area contributed by atoms with Crippen molar-refractivity contribution in [2.45, 2.75) is 12.5 Å². The van der Waals surface area contributed by atoms with Crippen molar-refractivity contribution in [3.63, 3.8) is 0 Å². The Labute approximate surface area is 103 Å². The molecule has 0 saturated carbocycles. The van der Waals surface area contributed by atoms with Gasteiger partial charge in [0, 0.05) is 6.54 Å². The number of hydrogen-bond donors (Lipinski definition) is 3. The molecule has 0 heterocycles. The van der Waals surface area contributed by atoms with Crippen molar-refractivity contribution in [1.82, 2.24) is 5.32 Å². The molecule has 0 saturated heterocycles. The van der Waals surface area contributed by atoms with Gasteiger partial charge in [0.15, 0.2) is 5.82 Å². The van der Waals surface area contributed by atoms with E-state index in [9.17, 15) is 14.3 Å². The Morgan fingerprint density at radius 2 is 2.24 bits per heavy atom. The molecular formula is C11H13ClFNO3. The lowest BCUT2D eigenvalue weighted by molar-refractivity contribution is 0.00317. The van der Waals surface area contributed by atoms with Gasteiger partial charge in [0.05, 0.1) is 17.2 Å². The summed E-state index contributed by atoms with van der Waals surface area (Å²) in [5.74, 6) is -1.51. The van der Waals surface area contributed by atoms with Gasteiger partial charge >= 0.3 is 0 Å².